The van der Waals surface area contributed by atoms with Crippen LogP contribution in [0.1, 0.15) is 56.5 Å². The number of H-pyrrole nitrogens is 2. The molecular formula is C25H34N6O2Si. The van der Waals surface area contributed by atoms with Gasteiger partial charge < -0.3 is 15.1 Å². The summed E-state index contributed by atoms with van der Waals surface area (Å²) in [6.07, 6.45) is 4.89. The number of aryl methyl sites for hydroxylation is 1. The highest BCUT2D eigenvalue weighted by atomic mass is 28.4. The molecule has 4 aromatic rings. The van der Waals surface area contributed by atoms with E-state index in [2.05, 4.69) is 39.3 Å². The van der Waals surface area contributed by atoms with Gasteiger partial charge in [0.15, 0.2) is 14.0 Å². The summed E-state index contributed by atoms with van der Waals surface area (Å²) >= 11 is 0. The Morgan fingerprint density at radius 3 is 2.62 bits per heavy atom. The van der Waals surface area contributed by atoms with Gasteiger partial charge in [-0.05, 0) is 63.4 Å². The van der Waals surface area contributed by atoms with E-state index in [1.807, 2.05) is 52.1 Å². The van der Waals surface area contributed by atoms with Crippen LogP contribution in [0.4, 0.5) is 0 Å². The topological polar surface area (TPSA) is 120 Å². The van der Waals surface area contributed by atoms with E-state index in [1.54, 1.807) is 12.4 Å². The van der Waals surface area contributed by atoms with Gasteiger partial charge in [-0.25, -0.2) is 9.97 Å². The van der Waals surface area contributed by atoms with Gasteiger partial charge in [0.05, 0.1) is 17.3 Å². The standard InChI is InChI=1S/C25H34N6O2Si/c1-15-8-9-16-18(12-15)30-31-20(16)19-14-27-22-21(28-19)17(13-26-22)23(32)29-24(2,3)10-11-25(4,5)34(6,7)33/h8-9,12-14,33H,10-11H2,1-7H3,(H,26,27)(H,29,32)(H,30,31). The number of amides is 1. The first-order valence-corrected chi connectivity index (χ1v) is 14.6. The van der Waals surface area contributed by atoms with E-state index in [1.165, 1.54) is 0 Å². The highest BCUT2D eigenvalue weighted by Gasteiger charge is 2.39. The molecule has 0 aliphatic heterocycles. The summed E-state index contributed by atoms with van der Waals surface area (Å²) in [5, 5.41) is 11.5. The molecule has 0 bridgehead atoms. The lowest BCUT2D eigenvalue weighted by Gasteiger charge is -2.38. The molecule has 3 aromatic heterocycles. The van der Waals surface area contributed by atoms with Crippen molar-refractivity contribution in [2.75, 3.05) is 0 Å². The second kappa shape index (κ2) is 8.32. The SMILES string of the molecule is Cc1ccc2c(-c3cnc4[nH]cc(C(=O)NC(C)(C)CCC(C)(C)[Si](C)(C)O)c4n3)n[nH]c2c1. The number of nitrogens with zero attached hydrogens (tertiary/aromatic N) is 3. The summed E-state index contributed by atoms with van der Waals surface area (Å²) in [6, 6.07) is 6.09. The molecule has 34 heavy (non-hydrogen) atoms. The van der Waals surface area contributed by atoms with Crippen molar-refractivity contribution < 1.29 is 9.59 Å². The number of hydrogen-bond acceptors (Lipinski definition) is 5. The van der Waals surface area contributed by atoms with Gasteiger partial charge in [-0.2, -0.15) is 5.10 Å². The van der Waals surface area contributed by atoms with Gasteiger partial charge in [0.2, 0.25) is 0 Å². The van der Waals surface area contributed by atoms with Crippen molar-refractivity contribution >= 4 is 36.3 Å². The van der Waals surface area contributed by atoms with Crippen molar-refractivity contribution in [3.63, 3.8) is 0 Å². The Morgan fingerprint density at radius 1 is 1.18 bits per heavy atom. The van der Waals surface area contributed by atoms with Gasteiger partial charge in [0.25, 0.3) is 5.91 Å². The lowest BCUT2D eigenvalue weighted by molar-refractivity contribution is 0.0908. The quantitative estimate of drug-likeness (QED) is 0.276. The number of carbonyl (C=O) groups excluding carboxylic acids is 1. The molecule has 8 nitrogen and oxygen atoms in total. The van der Waals surface area contributed by atoms with Crippen molar-refractivity contribution in [3.8, 4) is 11.4 Å². The Labute approximate surface area is 200 Å². The first-order valence-electron chi connectivity index (χ1n) is 11.6. The van der Waals surface area contributed by atoms with Gasteiger partial charge in [-0.1, -0.05) is 26.0 Å². The first-order chi connectivity index (χ1) is 15.8. The Hall–Kier alpha value is -3.04. The maximum atomic E-state index is 13.2. The molecule has 0 saturated heterocycles. The maximum absolute atomic E-state index is 13.2. The zero-order chi connectivity index (χ0) is 24.9. The minimum absolute atomic E-state index is 0.152. The molecule has 1 amide bonds. The highest BCUT2D eigenvalue weighted by molar-refractivity contribution is 6.72. The third kappa shape index (κ3) is 4.62. The van der Waals surface area contributed by atoms with E-state index in [-0.39, 0.29) is 10.9 Å². The molecule has 0 fully saturated rings. The molecule has 0 atom stereocenters. The van der Waals surface area contributed by atoms with Gasteiger partial charge in [-0.15, -0.1) is 0 Å². The van der Waals surface area contributed by atoms with Crippen LogP contribution in [0.25, 0.3) is 33.5 Å². The summed E-state index contributed by atoms with van der Waals surface area (Å²) in [4.78, 5) is 36.1. The van der Waals surface area contributed by atoms with Crippen molar-refractivity contribution in [1.29, 1.82) is 0 Å². The van der Waals surface area contributed by atoms with Gasteiger partial charge in [0.1, 0.15) is 16.9 Å². The van der Waals surface area contributed by atoms with Gasteiger partial charge >= 0.3 is 0 Å². The lowest BCUT2D eigenvalue weighted by Crippen LogP contribution is -2.46. The van der Waals surface area contributed by atoms with Crippen LogP contribution in [0.3, 0.4) is 0 Å². The van der Waals surface area contributed by atoms with Crippen molar-refractivity contribution in [2.45, 2.75) is 71.1 Å². The minimum atomic E-state index is -2.31. The van der Waals surface area contributed by atoms with E-state index < -0.39 is 13.9 Å². The fourth-order valence-corrected chi connectivity index (χ4v) is 4.61. The molecule has 3 heterocycles. The minimum Gasteiger partial charge on any atom is -0.432 e. The number of aromatic amines is 2. The van der Waals surface area contributed by atoms with E-state index in [0.717, 1.165) is 29.3 Å². The van der Waals surface area contributed by atoms with Crippen LogP contribution in [0.15, 0.2) is 30.6 Å². The fraction of sp³-hybridized carbons (Fsp3) is 0.440. The summed E-state index contributed by atoms with van der Waals surface area (Å²) in [5.74, 6) is -0.205. The smallest absolute Gasteiger partial charge is 0.255 e. The number of hydrogen-bond donors (Lipinski definition) is 4. The molecule has 0 unspecified atom stereocenters. The number of rotatable bonds is 7. The van der Waals surface area contributed by atoms with E-state index >= 15 is 0 Å². The van der Waals surface area contributed by atoms with E-state index in [9.17, 15) is 9.59 Å². The molecule has 9 heteroatoms. The largest absolute Gasteiger partial charge is 0.432 e. The van der Waals surface area contributed by atoms with Gasteiger partial charge in [0, 0.05) is 17.1 Å². The Kier molecular flexibility index (Phi) is 5.89. The zero-order valence-corrected chi connectivity index (χ0v) is 22.0. The molecule has 0 spiro atoms. The molecule has 0 saturated carbocycles. The van der Waals surface area contributed by atoms with Crippen molar-refractivity contribution in [3.05, 3.63) is 41.7 Å². The average Bonchev–Trinajstić information content (AvgIpc) is 3.34. The molecule has 0 aliphatic rings. The summed E-state index contributed by atoms with van der Waals surface area (Å²) in [7, 11) is -2.31. The Balaban J connectivity index is 1.59. The van der Waals surface area contributed by atoms with Crippen LogP contribution >= 0.6 is 0 Å². The van der Waals surface area contributed by atoms with Crippen LogP contribution < -0.4 is 5.32 Å². The normalized spacial score (nSPS) is 13.1. The first kappa shape index (κ1) is 24.1. The molecule has 180 valence electrons. The molecule has 1 aromatic carbocycles. The third-order valence-electron chi connectivity index (χ3n) is 7.07. The lowest BCUT2D eigenvalue weighted by atomic mass is 9.93. The summed E-state index contributed by atoms with van der Waals surface area (Å²) in [5.41, 5.74) is 4.45. The van der Waals surface area contributed by atoms with Crippen molar-refractivity contribution in [1.82, 2.24) is 30.5 Å². The number of carbonyl (C=O) groups is 1. The van der Waals surface area contributed by atoms with Crippen molar-refractivity contribution in [2.24, 2.45) is 0 Å². The fourth-order valence-electron chi connectivity index (χ4n) is 3.88. The molecule has 4 rings (SSSR count). The van der Waals surface area contributed by atoms with Crippen LogP contribution in [0.2, 0.25) is 18.1 Å². The maximum Gasteiger partial charge on any atom is 0.255 e. The third-order valence-corrected chi connectivity index (χ3v) is 10.6. The molecule has 0 radical (unpaired) electrons. The monoisotopic (exact) mass is 478 g/mol. The Morgan fingerprint density at radius 2 is 1.91 bits per heavy atom. The second-order valence-corrected chi connectivity index (χ2v) is 15.5. The second-order valence-electron chi connectivity index (χ2n) is 11.1. The Bertz CT molecular complexity index is 1360. The summed E-state index contributed by atoms with van der Waals surface area (Å²) in [6.45, 7) is 14.2. The summed E-state index contributed by atoms with van der Waals surface area (Å²) < 4.78 is 0. The molecular weight excluding hydrogens is 444 g/mol. The number of fused-ring (bicyclic) bond motifs is 2. The molecule has 4 N–H and O–H groups in total. The van der Waals surface area contributed by atoms with Crippen LogP contribution in [-0.4, -0.2) is 49.7 Å². The predicted octanol–water partition coefficient (Wildman–Crippen LogP) is 5.08. The highest BCUT2D eigenvalue weighted by Crippen LogP contribution is 2.41. The number of aromatic nitrogens is 5. The van der Waals surface area contributed by atoms with E-state index in [0.29, 0.717) is 28.1 Å². The van der Waals surface area contributed by atoms with Crippen LogP contribution in [0, 0.1) is 6.92 Å². The predicted molar refractivity (Wildman–Crippen MR) is 138 cm³/mol. The zero-order valence-electron chi connectivity index (χ0n) is 21.0. The number of nitrogens with one attached hydrogen (secondary N) is 3. The number of benzene rings is 1. The van der Waals surface area contributed by atoms with E-state index in [4.69, 9.17) is 4.98 Å². The van der Waals surface area contributed by atoms with Crippen LogP contribution in [0.5, 0.6) is 0 Å². The van der Waals surface area contributed by atoms with Crippen LogP contribution in [-0.2, 0) is 0 Å². The molecule has 0 aliphatic carbocycles. The average molecular weight is 479 g/mol. The van der Waals surface area contributed by atoms with Gasteiger partial charge in [-0.3, -0.25) is 9.89 Å².